The molecule has 3 atom stereocenters. The average molecular weight is 764 g/mol. The number of hydrogen-bond donors (Lipinski definition) is 4. The van der Waals surface area contributed by atoms with Crippen molar-refractivity contribution in [2.75, 3.05) is 19.8 Å². The molecule has 0 fully saturated rings. The van der Waals surface area contributed by atoms with Crippen LogP contribution in [0.3, 0.4) is 0 Å². The standard InChI is InChI=1S/C40H78NO10P/c1-3-5-7-9-11-13-15-16-17-18-19-20-21-22-23-25-27-29-31-38(43)41-37(40(45)46)35-51-52(47,48)50-34-36(42)33-49-39(44)32-30-28-26-24-14-12-10-8-6-4-2/h36-37,42H,3-35H2,1-2H3,(H,41,43)(H,45,46)(H,47,48). The van der Waals surface area contributed by atoms with Gasteiger partial charge in [-0.1, -0.05) is 181 Å². The van der Waals surface area contributed by atoms with Crippen molar-refractivity contribution < 1.29 is 47.8 Å². The van der Waals surface area contributed by atoms with E-state index in [4.69, 9.17) is 13.8 Å². The Morgan fingerprint density at radius 3 is 1.27 bits per heavy atom. The molecule has 3 unspecified atom stereocenters. The minimum atomic E-state index is -4.74. The molecule has 0 aromatic heterocycles. The molecule has 308 valence electrons. The summed E-state index contributed by atoms with van der Waals surface area (Å²) in [5, 5.41) is 21.8. The molecule has 0 bridgehead atoms. The highest BCUT2D eigenvalue weighted by Gasteiger charge is 2.28. The third-order valence-electron chi connectivity index (χ3n) is 9.40. The van der Waals surface area contributed by atoms with Gasteiger partial charge in [-0.15, -0.1) is 0 Å². The number of carboxylic acid groups (broad SMARTS) is 1. The normalized spacial score (nSPS) is 13.8. The summed E-state index contributed by atoms with van der Waals surface area (Å²) in [4.78, 5) is 45.8. The van der Waals surface area contributed by atoms with E-state index >= 15 is 0 Å². The van der Waals surface area contributed by atoms with Crippen LogP contribution in [0.4, 0.5) is 0 Å². The van der Waals surface area contributed by atoms with Gasteiger partial charge in [-0.25, -0.2) is 9.36 Å². The molecule has 0 aromatic carbocycles. The minimum Gasteiger partial charge on any atom is -0.480 e. The van der Waals surface area contributed by atoms with Gasteiger partial charge in [0.25, 0.3) is 0 Å². The van der Waals surface area contributed by atoms with E-state index in [1.807, 2.05) is 0 Å². The number of ether oxygens (including phenoxy) is 1. The fourth-order valence-electron chi connectivity index (χ4n) is 6.08. The molecule has 0 radical (unpaired) electrons. The summed E-state index contributed by atoms with van der Waals surface area (Å²) in [6, 6.07) is -1.54. The quantitative estimate of drug-likeness (QED) is 0.0268. The van der Waals surface area contributed by atoms with E-state index in [0.29, 0.717) is 12.8 Å². The third-order valence-corrected chi connectivity index (χ3v) is 10.3. The molecular weight excluding hydrogens is 685 g/mol. The maximum Gasteiger partial charge on any atom is 0.472 e. The summed E-state index contributed by atoms with van der Waals surface area (Å²) in [5.74, 6) is -2.36. The molecule has 0 aliphatic carbocycles. The van der Waals surface area contributed by atoms with Crippen LogP contribution in [0.1, 0.15) is 206 Å². The summed E-state index contributed by atoms with van der Waals surface area (Å²) in [6.07, 6.45) is 32.8. The first-order valence-corrected chi connectivity index (χ1v) is 22.6. The van der Waals surface area contributed by atoms with Crippen LogP contribution in [0, 0.1) is 0 Å². The lowest BCUT2D eigenvalue weighted by molar-refractivity contribution is -0.147. The van der Waals surface area contributed by atoms with Crippen LogP contribution in [0.2, 0.25) is 0 Å². The summed E-state index contributed by atoms with van der Waals surface area (Å²) >= 11 is 0. The van der Waals surface area contributed by atoms with Crippen LogP contribution >= 0.6 is 7.82 Å². The molecule has 0 aliphatic rings. The molecular formula is C40H78NO10P. The van der Waals surface area contributed by atoms with Gasteiger partial charge in [0.15, 0.2) is 6.04 Å². The number of nitrogens with one attached hydrogen (secondary N) is 1. The van der Waals surface area contributed by atoms with Crippen LogP contribution in [-0.2, 0) is 32.7 Å². The number of aliphatic hydroxyl groups excluding tert-OH is 1. The van der Waals surface area contributed by atoms with Gasteiger partial charge in [-0.3, -0.25) is 18.6 Å². The van der Waals surface area contributed by atoms with E-state index in [-0.39, 0.29) is 12.8 Å². The Kier molecular flexibility index (Phi) is 35.4. The summed E-state index contributed by atoms with van der Waals surface area (Å²) in [5.41, 5.74) is 0. The predicted molar refractivity (Wildman–Crippen MR) is 208 cm³/mol. The number of phosphoric ester groups is 1. The Hall–Kier alpha value is -1.52. The third kappa shape index (κ3) is 35.5. The van der Waals surface area contributed by atoms with Gasteiger partial charge in [0.05, 0.1) is 13.2 Å². The lowest BCUT2D eigenvalue weighted by Gasteiger charge is -2.18. The van der Waals surface area contributed by atoms with Gasteiger partial charge in [0.1, 0.15) is 12.7 Å². The number of hydrogen-bond acceptors (Lipinski definition) is 8. The zero-order valence-corrected chi connectivity index (χ0v) is 34.0. The lowest BCUT2D eigenvalue weighted by atomic mass is 10.0. The highest BCUT2D eigenvalue weighted by atomic mass is 31.2. The largest absolute Gasteiger partial charge is 0.480 e. The maximum absolute atomic E-state index is 12.3. The van der Waals surface area contributed by atoms with Crippen molar-refractivity contribution in [3.05, 3.63) is 0 Å². The molecule has 0 rings (SSSR count). The number of rotatable bonds is 40. The zero-order chi connectivity index (χ0) is 38.5. The first-order chi connectivity index (χ1) is 25.1. The van der Waals surface area contributed by atoms with Gasteiger partial charge in [-0.05, 0) is 12.8 Å². The van der Waals surface area contributed by atoms with Crippen molar-refractivity contribution in [1.82, 2.24) is 5.32 Å². The molecule has 0 saturated carbocycles. The Balaban J connectivity index is 3.88. The molecule has 11 nitrogen and oxygen atoms in total. The number of amides is 1. The average Bonchev–Trinajstić information content (AvgIpc) is 3.11. The van der Waals surface area contributed by atoms with Gasteiger partial charge >= 0.3 is 19.8 Å². The van der Waals surface area contributed by atoms with Gasteiger partial charge < -0.3 is 25.2 Å². The van der Waals surface area contributed by atoms with E-state index in [1.54, 1.807) is 0 Å². The second-order valence-electron chi connectivity index (χ2n) is 14.5. The molecule has 0 aromatic rings. The molecule has 0 saturated heterocycles. The number of unbranched alkanes of at least 4 members (excludes halogenated alkanes) is 26. The highest BCUT2D eigenvalue weighted by molar-refractivity contribution is 7.47. The fraction of sp³-hybridized carbons (Fsp3) is 0.925. The molecule has 52 heavy (non-hydrogen) atoms. The topological polar surface area (TPSA) is 169 Å². The SMILES string of the molecule is CCCCCCCCCCCCCCCCCCCCC(=O)NC(COP(=O)(O)OCC(O)COC(=O)CCCCCCCCCCCC)C(=O)O. The van der Waals surface area contributed by atoms with E-state index in [1.165, 1.54) is 128 Å². The Labute approximate surface area is 316 Å². The number of carboxylic acids is 1. The number of phosphoric acid groups is 1. The summed E-state index contributed by atoms with van der Waals surface area (Å²) in [7, 11) is -4.74. The molecule has 0 spiro atoms. The number of aliphatic carboxylic acids is 1. The minimum absolute atomic E-state index is 0.153. The number of carbonyl (C=O) groups excluding carboxylic acids is 2. The lowest BCUT2D eigenvalue weighted by Crippen LogP contribution is -2.43. The van der Waals surface area contributed by atoms with Gasteiger partial charge in [-0.2, -0.15) is 0 Å². The molecule has 1 amide bonds. The van der Waals surface area contributed by atoms with E-state index in [0.717, 1.165) is 38.5 Å². The van der Waals surface area contributed by atoms with Crippen molar-refractivity contribution in [2.24, 2.45) is 0 Å². The smallest absolute Gasteiger partial charge is 0.472 e. The first kappa shape index (κ1) is 50.5. The number of aliphatic hydroxyl groups is 1. The number of carbonyl (C=O) groups is 3. The number of esters is 1. The second-order valence-corrected chi connectivity index (χ2v) is 16.0. The fourth-order valence-corrected chi connectivity index (χ4v) is 6.85. The second kappa shape index (κ2) is 36.5. The molecule has 0 aliphatic heterocycles. The van der Waals surface area contributed by atoms with Crippen LogP contribution in [0.15, 0.2) is 0 Å². The summed E-state index contributed by atoms with van der Waals surface area (Å²) in [6.45, 7) is 2.59. The predicted octanol–water partition coefficient (Wildman–Crippen LogP) is 10.3. The van der Waals surface area contributed by atoms with Gasteiger partial charge in [0.2, 0.25) is 5.91 Å². The summed E-state index contributed by atoms with van der Waals surface area (Å²) < 4.78 is 26.7. The van der Waals surface area contributed by atoms with Crippen LogP contribution in [0.25, 0.3) is 0 Å². The molecule has 0 heterocycles. The van der Waals surface area contributed by atoms with E-state index < -0.39 is 57.6 Å². The molecule has 4 N–H and O–H groups in total. The Bertz CT molecular complexity index is 906. The van der Waals surface area contributed by atoms with Crippen LogP contribution in [0.5, 0.6) is 0 Å². The van der Waals surface area contributed by atoms with E-state index in [9.17, 15) is 34.1 Å². The first-order valence-electron chi connectivity index (χ1n) is 21.1. The zero-order valence-electron chi connectivity index (χ0n) is 33.1. The van der Waals surface area contributed by atoms with Crippen molar-refractivity contribution >= 4 is 25.7 Å². The molecule has 12 heteroatoms. The Morgan fingerprint density at radius 2 is 0.885 bits per heavy atom. The van der Waals surface area contributed by atoms with Crippen LogP contribution < -0.4 is 5.32 Å². The maximum atomic E-state index is 12.3. The highest BCUT2D eigenvalue weighted by Crippen LogP contribution is 2.43. The van der Waals surface area contributed by atoms with Crippen LogP contribution in [-0.4, -0.2) is 64.9 Å². The Morgan fingerprint density at radius 1 is 0.538 bits per heavy atom. The van der Waals surface area contributed by atoms with E-state index in [2.05, 4.69) is 19.2 Å². The van der Waals surface area contributed by atoms with Gasteiger partial charge in [0, 0.05) is 12.8 Å². The monoisotopic (exact) mass is 764 g/mol. The van der Waals surface area contributed by atoms with Crippen molar-refractivity contribution in [2.45, 2.75) is 219 Å². The van der Waals surface area contributed by atoms with Crippen molar-refractivity contribution in [3.63, 3.8) is 0 Å². The van der Waals surface area contributed by atoms with Crippen molar-refractivity contribution in [3.8, 4) is 0 Å². The van der Waals surface area contributed by atoms with Crippen molar-refractivity contribution in [1.29, 1.82) is 0 Å².